The van der Waals surface area contributed by atoms with Gasteiger partial charge in [0, 0.05) is 23.1 Å². The highest BCUT2D eigenvalue weighted by Gasteiger charge is 2.23. The van der Waals surface area contributed by atoms with Crippen LogP contribution in [0.4, 0.5) is 0 Å². The van der Waals surface area contributed by atoms with E-state index in [4.69, 9.17) is 4.74 Å². The molecule has 3 rings (SSSR count). The fourth-order valence-electron chi connectivity index (χ4n) is 2.35. The van der Waals surface area contributed by atoms with Crippen LogP contribution in [-0.4, -0.2) is 24.4 Å². The summed E-state index contributed by atoms with van der Waals surface area (Å²) in [7, 11) is 1.92. The summed E-state index contributed by atoms with van der Waals surface area (Å²) in [5.74, 6) is 2.43. The Morgan fingerprint density at radius 1 is 1.30 bits per heavy atom. The van der Waals surface area contributed by atoms with E-state index in [9.17, 15) is 0 Å². The topological polar surface area (TPSA) is 34.1 Å². The molecule has 1 aliphatic heterocycles. The maximum atomic E-state index is 5.88. The second-order valence-corrected chi connectivity index (χ2v) is 5.93. The molecule has 0 radical (unpaired) electrons. The molecule has 1 aromatic heterocycles. The zero-order valence-corrected chi connectivity index (χ0v) is 12.3. The van der Waals surface area contributed by atoms with Crippen LogP contribution in [-0.2, 0) is 6.54 Å². The van der Waals surface area contributed by atoms with Gasteiger partial charge in [0.05, 0.1) is 18.5 Å². The van der Waals surface area contributed by atoms with Gasteiger partial charge in [0.1, 0.15) is 5.75 Å². The third-order valence-electron chi connectivity index (χ3n) is 3.41. The van der Waals surface area contributed by atoms with E-state index in [0.717, 1.165) is 30.3 Å². The molecule has 2 heterocycles. The molecule has 1 unspecified atom stereocenters. The fraction of sp³-hybridized carbons (Fsp3) is 0.312. The number of nitrogens with one attached hydrogen (secondary N) is 1. The number of aromatic nitrogens is 1. The van der Waals surface area contributed by atoms with E-state index >= 15 is 0 Å². The maximum Gasteiger partial charge on any atom is 0.137 e. The fourth-order valence-corrected chi connectivity index (χ4v) is 3.58. The Bertz CT molecular complexity index is 571. The first kappa shape index (κ1) is 13.5. The van der Waals surface area contributed by atoms with E-state index < -0.39 is 0 Å². The van der Waals surface area contributed by atoms with Crippen LogP contribution in [0.5, 0.6) is 5.75 Å². The summed E-state index contributed by atoms with van der Waals surface area (Å²) in [5.41, 5.74) is 2.44. The molecule has 2 aromatic rings. The van der Waals surface area contributed by atoms with Gasteiger partial charge in [0.2, 0.25) is 0 Å². The van der Waals surface area contributed by atoms with Crippen molar-refractivity contribution in [3.63, 3.8) is 0 Å². The molecule has 0 saturated carbocycles. The molecular formula is C16H18N2OS. The minimum atomic E-state index is 0.480. The number of benzene rings is 1. The van der Waals surface area contributed by atoms with Crippen LogP contribution in [0.3, 0.4) is 0 Å². The molecule has 0 fully saturated rings. The molecule has 0 bridgehead atoms. The Kier molecular flexibility index (Phi) is 4.23. The number of hydrogen-bond donors (Lipinski definition) is 1. The molecule has 0 saturated heterocycles. The zero-order chi connectivity index (χ0) is 13.8. The Morgan fingerprint density at radius 2 is 2.20 bits per heavy atom. The van der Waals surface area contributed by atoms with E-state index in [0.29, 0.717) is 5.92 Å². The Balaban J connectivity index is 1.60. The first-order chi connectivity index (χ1) is 9.86. The van der Waals surface area contributed by atoms with Crippen molar-refractivity contribution in [1.82, 2.24) is 10.3 Å². The molecule has 0 spiro atoms. The molecule has 1 atom stereocenters. The SMILES string of the molecule is CNCc1ccc(OCC2CSc3ccccc32)cn1. The van der Waals surface area contributed by atoms with Crippen LogP contribution in [0.25, 0.3) is 0 Å². The Labute approximate surface area is 123 Å². The van der Waals surface area contributed by atoms with Gasteiger partial charge < -0.3 is 10.1 Å². The third kappa shape index (κ3) is 2.97. The van der Waals surface area contributed by atoms with Crippen LogP contribution >= 0.6 is 11.8 Å². The summed E-state index contributed by atoms with van der Waals surface area (Å²) in [6.45, 7) is 1.50. The summed E-state index contributed by atoms with van der Waals surface area (Å²) >= 11 is 1.92. The van der Waals surface area contributed by atoms with Gasteiger partial charge in [-0.2, -0.15) is 0 Å². The Hall–Kier alpha value is -1.52. The first-order valence-corrected chi connectivity index (χ1v) is 7.79. The van der Waals surface area contributed by atoms with Crippen molar-refractivity contribution in [2.45, 2.75) is 17.4 Å². The molecule has 1 aromatic carbocycles. The highest BCUT2D eigenvalue weighted by Crippen LogP contribution is 2.39. The quantitative estimate of drug-likeness (QED) is 0.916. The third-order valence-corrected chi connectivity index (χ3v) is 4.66. The van der Waals surface area contributed by atoms with Crippen LogP contribution in [0.2, 0.25) is 0 Å². The predicted octanol–water partition coefficient (Wildman–Crippen LogP) is 3.07. The van der Waals surface area contributed by atoms with Crippen molar-refractivity contribution < 1.29 is 4.74 Å². The zero-order valence-electron chi connectivity index (χ0n) is 11.5. The maximum absolute atomic E-state index is 5.88. The summed E-state index contributed by atoms with van der Waals surface area (Å²) in [6, 6.07) is 12.6. The molecule has 3 nitrogen and oxygen atoms in total. The van der Waals surface area contributed by atoms with Crippen LogP contribution in [0.1, 0.15) is 17.2 Å². The average Bonchev–Trinajstić information content (AvgIpc) is 2.90. The standard InChI is InChI=1S/C16H18N2OS/c1-17-8-13-6-7-14(9-18-13)19-10-12-11-20-16-5-3-2-4-15(12)16/h2-7,9,12,17H,8,10-11H2,1H3. The lowest BCUT2D eigenvalue weighted by Crippen LogP contribution is -2.10. The van der Waals surface area contributed by atoms with Crippen molar-refractivity contribution in [2.24, 2.45) is 0 Å². The Morgan fingerprint density at radius 3 is 3.00 bits per heavy atom. The number of ether oxygens (including phenoxy) is 1. The van der Waals surface area contributed by atoms with Crippen LogP contribution in [0, 0.1) is 0 Å². The average molecular weight is 286 g/mol. The van der Waals surface area contributed by atoms with E-state index in [-0.39, 0.29) is 0 Å². The first-order valence-electron chi connectivity index (χ1n) is 6.81. The van der Waals surface area contributed by atoms with Gasteiger partial charge in [0.15, 0.2) is 0 Å². The van der Waals surface area contributed by atoms with Gasteiger partial charge in [-0.1, -0.05) is 18.2 Å². The van der Waals surface area contributed by atoms with E-state index in [1.54, 1.807) is 6.20 Å². The number of thioether (sulfide) groups is 1. The van der Waals surface area contributed by atoms with Gasteiger partial charge in [-0.3, -0.25) is 4.98 Å². The molecular weight excluding hydrogens is 268 g/mol. The number of rotatable bonds is 5. The van der Waals surface area contributed by atoms with Gasteiger partial charge in [-0.25, -0.2) is 0 Å². The number of fused-ring (bicyclic) bond motifs is 1. The van der Waals surface area contributed by atoms with E-state index in [1.165, 1.54) is 10.5 Å². The lowest BCUT2D eigenvalue weighted by atomic mass is 10.0. The van der Waals surface area contributed by atoms with E-state index in [2.05, 4.69) is 34.6 Å². The molecule has 1 aliphatic rings. The van der Waals surface area contributed by atoms with Crippen molar-refractivity contribution in [1.29, 1.82) is 0 Å². The van der Waals surface area contributed by atoms with Gasteiger partial charge in [-0.15, -0.1) is 11.8 Å². The van der Waals surface area contributed by atoms with Crippen LogP contribution in [0.15, 0.2) is 47.5 Å². The van der Waals surface area contributed by atoms with Gasteiger partial charge >= 0.3 is 0 Å². The highest BCUT2D eigenvalue weighted by atomic mass is 32.2. The normalized spacial score (nSPS) is 16.9. The van der Waals surface area contributed by atoms with Crippen molar-refractivity contribution in [3.8, 4) is 5.75 Å². The number of pyridine rings is 1. The minimum Gasteiger partial charge on any atom is -0.491 e. The minimum absolute atomic E-state index is 0.480. The van der Waals surface area contributed by atoms with E-state index in [1.807, 2.05) is 30.9 Å². The molecule has 1 N–H and O–H groups in total. The van der Waals surface area contributed by atoms with Crippen LogP contribution < -0.4 is 10.1 Å². The highest BCUT2D eigenvalue weighted by molar-refractivity contribution is 7.99. The van der Waals surface area contributed by atoms with Gasteiger partial charge in [-0.05, 0) is 30.8 Å². The molecule has 4 heteroatoms. The summed E-state index contributed by atoms with van der Waals surface area (Å²) in [4.78, 5) is 5.76. The lowest BCUT2D eigenvalue weighted by Gasteiger charge is -2.12. The van der Waals surface area contributed by atoms with Gasteiger partial charge in [0.25, 0.3) is 0 Å². The monoisotopic (exact) mass is 286 g/mol. The molecule has 20 heavy (non-hydrogen) atoms. The summed E-state index contributed by atoms with van der Waals surface area (Å²) < 4.78 is 5.88. The number of nitrogens with zero attached hydrogens (tertiary/aromatic N) is 1. The smallest absolute Gasteiger partial charge is 0.137 e. The summed E-state index contributed by atoms with van der Waals surface area (Å²) in [6.07, 6.45) is 1.81. The van der Waals surface area contributed by atoms with Crippen molar-refractivity contribution in [2.75, 3.05) is 19.4 Å². The molecule has 104 valence electrons. The predicted molar refractivity (Wildman–Crippen MR) is 82.4 cm³/mol. The lowest BCUT2D eigenvalue weighted by molar-refractivity contribution is 0.296. The number of hydrogen-bond acceptors (Lipinski definition) is 4. The second kappa shape index (κ2) is 6.29. The molecule has 0 aliphatic carbocycles. The van der Waals surface area contributed by atoms with Crippen molar-refractivity contribution >= 4 is 11.8 Å². The second-order valence-electron chi connectivity index (χ2n) is 4.87. The van der Waals surface area contributed by atoms with Crippen molar-refractivity contribution in [3.05, 3.63) is 53.9 Å². The molecule has 0 amide bonds. The largest absolute Gasteiger partial charge is 0.491 e. The summed E-state index contributed by atoms with van der Waals surface area (Å²) in [5, 5.41) is 3.09.